The Morgan fingerprint density at radius 1 is 1.23 bits per heavy atom. The molecule has 0 unspecified atom stereocenters. The van der Waals surface area contributed by atoms with Crippen LogP contribution in [-0.4, -0.2) is 39.9 Å². The van der Waals surface area contributed by atoms with Crippen molar-refractivity contribution in [1.82, 2.24) is 28.2 Å². The molecule has 0 fully saturated rings. The summed E-state index contributed by atoms with van der Waals surface area (Å²) in [4.78, 5) is 46.0. The van der Waals surface area contributed by atoms with Gasteiger partial charge in [0.25, 0.3) is 5.56 Å². The van der Waals surface area contributed by atoms with Crippen LogP contribution >= 0.6 is 11.8 Å². The van der Waals surface area contributed by atoms with Gasteiger partial charge in [0, 0.05) is 43.8 Å². The number of nitrogens with one attached hydrogen (secondary N) is 1. The van der Waals surface area contributed by atoms with Crippen molar-refractivity contribution in [3.63, 3.8) is 0 Å². The average molecular weight is 437 g/mol. The van der Waals surface area contributed by atoms with Crippen molar-refractivity contribution in [1.29, 1.82) is 0 Å². The minimum Gasteiger partial charge on any atom is -0.325 e. The molecule has 0 atom stereocenters. The molecule has 1 aromatic carbocycles. The number of carbonyl (C=O) groups excluding carboxylic acids is 1. The zero-order chi connectivity index (χ0) is 21.7. The lowest BCUT2D eigenvalue weighted by molar-refractivity contribution is -0.116. The van der Waals surface area contributed by atoms with E-state index in [1.54, 1.807) is 17.8 Å². The fourth-order valence-corrected chi connectivity index (χ4v) is 4.62. The Bertz CT molecular complexity index is 1440. The Kier molecular flexibility index (Phi) is 4.54. The summed E-state index contributed by atoms with van der Waals surface area (Å²) < 4.78 is 5.87. The van der Waals surface area contributed by atoms with E-state index >= 15 is 0 Å². The van der Waals surface area contributed by atoms with Crippen molar-refractivity contribution < 1.29 is 4.79 Å². The summed E-state index contributed by atoms with van der Waals surface area (Å²) in [5.74, 6) is 0.731. The Labute approximate surface area is 180 Å². The van der Waals surface area contributed by atoms with E-state index in [0.29, 0.717) is 5.69 Å². The van der Waals surface area contributed by atoms with Crippen LogP contribution in [0.4, 0.5) is 5.69 Å². The number of amides is 1. The van der Waals surface area contributed by atoms with E-state index in [1.165, 1.54) is 29.6 Å². The number of thioether (sulfide) groups is 1. The Hall–Kier alpha value is -3.60. The third-order valence-electron chi connectivity index (χ3n) is 5.28. The summed E-state index contributed by atoms with van der Waals surface area (Å²) in [7, 11) is 2.94. The molecule has 4 heterocycles. The van der Waals surface area contributed by atoms with Gasteiger partial charge in [0.2, 0.25) is 5.91 Å². The number of rotatable bonds is 4. The topological polar surface area (TPSA) is 109 Å². The Morgan fingerprint density at radius 3 is 2.87 bits per heavy atom. The average Bonchev–Trinajstić information content (AvgIpc) is 3.46. The highest BCUT2D eigenvalue weighted by Crippen LogP contribution is 2.29. The van der Waals surface area contributed by atoms with Crippen LogP contribution in [0.3, 0.4) is 0 Å². The number of nitrogens with zero attached hydrogens (tertiary/aromatic N) is 6. The lowest BCUT2D eigenvalue weighted by atomic mass is 10.1. The van der Waals surface area contributed by atoms with Gasteiger partial charge in [-0.1, -0.05) is 23.9 Å². The molecule has 158 valence electrons. The quantitative estimate of drug-likeness (QED) is 0.511. The number of benzene rings is 1. The number of aromatic nitrogens is 6. The van der Waals surface area contributed by atoms with Gasteiger partial charge >= 0.3 is 5.69 Å². The molecule has 11 heteroatoms. The van der Waals surface area contributed by atoms with Gasteiger partial charge in [0.05, 0.1) is 12.0 Å². The van der Waals surface area contributed by atoms with E-state index in [2.05, 4.69) is 19.9 Å². The Balaban J connectivity index is 1.39. The van der Waals surface area contributed by atoms with Gasteiger partial charge < -0.3 is 14.5 Å². The first-order valence-corrected chi connectivity index (χ1v) is 10.6. The van der Waals surface area contributed by atoms with Crippen LogP contribution in [0.25, 0.3) is 22.4 Å². The predicted molar refractivity (Wildman–Crippen MR) is 117 cm³/mol. The van der Waals surface area contributed by atoms with Crippen LogP contribution in [0.5, 0.6) is 0 Å². The predicted octanol–water partition coefficient (Wildman–Crippen LogP) is 1.04. The van der Waals surface area contributed by atoms with Crippen molar-refractivity contribution >= 4 is 34.5 Å². The van der Waals surface area contributed by atoms with Crippen LogP contribution < -0.4 is 16.6 Å². The minimum absolute atomic E-state index is 0.108. The summed E-state index contributed by atoms with van der Waals surface area (Å²) in [6.45, 7) is 0.844. The second-order valence-corrected chi connectivity index (χ2v) is 8.39. The molecule has 1 N–H and O–H groups in total. The molecule has 1 aliphatic heterocycles. The number of fused-ring (bicyclic) bond motifs is 2. The number of imidazole rings is 2. The van der Waals surface area contributed by atoms with E-state index in [9.17, 15) is 14.4 Å². The van der Waals surface area contributed by atoms with Gasteiger partial charge in [-0.3, -0.25) is 18.7 Å². The van der Waals surface area contributed by atoms with Crippen LogP contribution in [0.1, 0.15) is 0 Å². The van der Waals surface area contributed by atoms with E-state index in [-0.39, 0.29) is 23.6 Å². The Morgan fingerprint density at radius 2 is 2.06 bits per heavy atom. The van der Waals surface area contributed by atoms with Gasteiger partial charge in [0.1, 0.15) is 6.54 Å². The molecule has 4 aromatic rings. The minimum atomic E-state index is -0.490. The summed E-state index contributed by atoms with van der Waals surface area (Å²) in [6, 6.07) is 7.48. The van der Waals surface area contributed by atoms with Gasteiger partial charge in [-0.15, -0.1) is 0 Å². The lowest BCUT2D eigenvalue weighted by Crippen LogP contribution is -2.37. The van der Waals surface area contributed by atoms with Crippen molar-refractivity contribution in [3.05, 3.63) is 57.6 Å². The number of hydrogen-bond acceptors (Lipinski definition) is 6. The lowest BCUT2D eigenvalue weighted by Gasteiger charge is -2.09. The van der Waals surface area contributed by atoms with Crippen LogP contribution in [0, 0.1) is 0 Å². The molecule has 31 heavy (non-hydrogen) atoms. The first-order chi connectivity index (χ1) is 14.9. The molecule has 3 aromatic heterocycles. The fraction of sp³-hybridized carbons (Fsp3) is 0.250. The highest BCUT2D eigenvalue weighted by Gasteiger charge is 2.17. The van der Waals surface area contributed by atoms with E-state index in [0.717, 1.165) is 33.3 Å². The summed E-state index contributed by atoms with van der Waals surface area (Å²) in [5.41, 5.74) is 1.91. The molecule has 1 aliphatic rings. The maximum Gasteiger partial charge on any atom is 0.332 e. The SMILES string of the molecule is Cn1c(=O)c2c(ncn2CC(=O)Nc2cccc(-c3cn4c(n3)SCC4)c2)n(C)c1=O. The highest BCUT2D eigenvalue weighted by molar-refractivity contribution is 7.99. The monoisotopic (exact) mass is 437 g/mol. The summed E-state index contributed by atoms with van der Waals surface area (Å²) >= 11 is 1.73. The summed E-state index contributed by atoms with van der Waals surface area (Å²) in [5, 5.41) is 3.87. The van der Waals surface area contributed by atoms with Gasteiger partial charge in [0.15, 0.2) is 16.3 Å². The van der Waals surface area contributed by atoms with E-state index in [1.807, 2.05) is 24.4 Å². The maximum absolute atomic E-state index is 12.7. The van der Waals surface area contributed by atoms with Gasteiger partial charge in [-0.25, -0.2) is 14.8 Å². The number of aryl methyl sites for hydroxylation is 2. The molecule has 0 aliphatic carbocycles. The first kappa shape index (κ1) is 19.4. The number of carbonyl (C=O) groups is 1. The fourth-order valence-electron chi connectivity index (χ4n) is 3.68. The smallest absolute Gasteiger partial charge is 0.325 e. The third kappa shape index (κ3) is 3.26. The molecule has 0 saturated carbocycles. The van der Waals surface area contributed by atoms with Crippen molar-refractivity contribution in [2.24, 2.45) is 14.1 Å². The molecule has 0 spiro atoms. The first-order valence-electron chi connectivity index (χ1n) is 9.63. The second-order valence-electron chi connectivity index (χ2n) is 7.33. The standard InChI is InChI=1S/C20H19N7O3S/c1-24-17-16(18(29)25(2)20(24)30)27(11-21-17)10-15(28)22-13-5-3-4-12(8-13)14-9-26-6-7-31-19(26)23-14/h3-5,8-9,11H,6-7,10H2,1-2H3,(H,22,28). The van der Waals surface area contributed by atoms with Crippen LogP contribution in [0.2, 0.25) is 0 Å². The summed E-state index contributed by atoms with van der Waals surface area (Å²) in [6.07, 6.45) is 3.42. The van der Waals surface area contributed by atoms with Crippen molar-refractivity contribution in [3.8, 4) is 11.3 Å². The van der Waals surface area contributed by atoms with E-state index < -0.39 is 11.2 Å². The molecular weight excluding hydrogens is 418 g/mol. The maximum atomic E-state index is 12.7. The number of anilines is 1. The van der Waals surface area contributed by atoms with E-state index in [4.69, 9.17) is 0 Å². The zero-order valence-electron chi connectivity index (χ0n) is 16.9. The largest absolute Gasteiger partial charge is 0.332 e. The van der Waals surface area contributed by atoms with Gasteiger partial charge in [-0.05, 0) is 12.1 Å². The van der Waals surface area contributed by atoms with Crippen molar-refractivity contribution in [2.45, 2.75) is 18.2 Å². The molecule has 1 amide bonds. The zero-order valence-corrected chi connectivity index (χ0v) is 17.7. The molecule has 5 rings (SSSR count). The third-order valence-corrected chi connectivity index (χ3v) is 6.25. The highest BCUT2D eigenvalue weighted by atomic mass is 32.2. The normalized spacial score (nSPS) is 13.0. The van der Waals surface area contributed by atoms with Crippen molar-refractivity contribution in [2.75, 3.05) is 11.1 Å². The van der Waals surface area contributed by atoms with Crippen LogP contribution in [0.15, 0.2) is 51.5 Å². The molecule has 0 saturated heterocycles. The molecule has 0 radical (unpaired) electrons. The second kappa shape index (κ2) is 7.27. The molecular formula is C20H19N7O3S. The van der Waals surface area contributed by atoms with Crippen LogP contribution in [-0.2, 0) is 32.0 Å². The number of hydrogen-bond donors (Lipinski definition) is 1. The molecule has 10 nitrogen and oxygen atoms in total. The van der Waals surface area contributed by atoms with Gasteiger partial charge in [-0.2, -0.15) is 0 Å². The molecule has 0 bridgehead atoms.